The molecule has 0 aromatic rings. The number of rotatable bonds is 3. The largest absolute Gasteiger partial charge is 0.480 e. The molecule has 106 valence electrons. The van der Waals surface area contributed by atoms with Crippen molar-refractivity contribution in [1.29, 1.82) is 0 Å². The normalized spacial score (nSPS) is 13.6. The van der Waals surface area contributed by atoms with Gasteiger partial charge in [-0.05, 0) is 13.8 Å². The van der Waals surface area contributed by atoms with E-state index in [2.05, 4.69) is 0 Å². The summed E-state index contributed by atoms with van der Waals surface area (Å²) < 4.78 is 72.7. The van der Waals surface area contributed by atoms with Crippen molar-refractivity contribution in [3.63, 3.8) is 0 Å². The van der Waals surface area contributed by atoms with E-state index < -0.39 is 35.7 Å². The topological polar surface area (TPSA) is 66.4 Å². The number of carbonyl (C=O) groups is 2. The van der Waals surface area contributed by atoms with Crippen LogP contribution in [0.3, 0.4) is 0 Å². The minimum atomic E-state index is -5.85. The molecule has 0 heterocycles. The smallest absolute Gasteiger partial charge is 0.409 e. The molecule has 0 bridgehead atoms. The Morgan fingerprint density at radius 1 is 1.00 bits per heavy atom. The van der Waals surface area contributed by atoms with E-state index in [9.17, 15) is 35.9 Å². The van der Waals surface area contributed by atoms with Crippen LogP contribution in [0.5, 0.6) is 0 Å². The first-order valence-corrected chi connectivity index (χ1v) is 4.38. The zero-order chi connectivity index (χ0) is 14.9. The number of carboxylic acids is 1. The first-order chi connectivity index (χ1) is 7.69. The summed E-state index contributed by atoms with van der Waals surface area (Å²) in [5, 5.41) is 9.69. The van der Waals surface area contributed by atoms with E-state index >= 15 is 0 Å². The molecule has 4 nitrogen and oxygen atoms in total. The number of halogens is 6. The fourth-order valence-electron chi connectivity index (χ4n) is 0.917. The Hall–Kier alpha value is -1.48. The highest BCUT2D eigenvalue weighted by Gasteiger charge is 2.61. The molecule has 1 amide bonds. The van der Waals surface area contributed by atoms with E-state index in [0.717, 1.165) is 13.8 Å². The van der Waals surface area contributed by atoms with Gasteiger partial charge < -0.3 is 10.4 Å². The number of carbonyl (C=O) groups excluding carboxylic acids is 1. The average molecular weight is 281 g/mol. The van der Waals surface area contributed by atoms with Crippen LogP contribution in [0.2, 0.25) is 0 Å². The van der Waals surface area contributed by atoms with E-state index in [1.807, 2.05) is 0 Å². The molecule has 0 rings (SSSR count). The Labute approximate surface area is 97.0 Å². The molecule has 0 aromatic carbocycles. The second-order valence-electron chi connectivity index (χ2n) is 3.94. The number of aliphatic carboxylic acids is 1. The monoisotopic (exact) mass is 281 g/mol. The zero-order valence-electron chi connectivity index (χ0n) is 9.11. The molecule has 0 aliphatic carbocycles. The molecule has 0 aliphatic heterocycles. The number of nitrogens with one attached hydrogen (secondary N) is 1. The molecule has 0 saturated carbocycles. The molecule has 0 unspecified atom stereocenters. The first kappa shape index (κ1) is 16.5. The van der Waals surface area contributed by atoms with Gasteiger partial charge in [0.05, 0.1) is 0 Å². The average Bonchev–Trinajstić information content (AvgIpc) is 1.94. The Morgan fingerprint density at radius 2 is 1.33 bits per heavy atom. The van der Waals surface area contributed by atoms with Crippen LogP contribution >= 0.6 is 0 Å². The van der Waals surface area contributed by atoms with E-state index in [1.165, 1.54) is 5.32 Å². The third-order valence-corrected chi connectivity index (χ3v) is 1.89. The van der Waals surface area contributed by atoms with Crippen LogP contribution in [0.1, 0.15) is 13.8 Å². The van der Waals surface area contributed by atoms with Crippen LogP contribution in [-0.2, 0) is 9.59 Å². The van der Waals surface area contributed by atoms with Crippen LogP contribution in [0.25, 0.3) is 0 Å². The second kappa shape index (κ2) is 4.65. The molecule has 0 fully saturated rings. The molecule has 0 aliphatic rings. The summed E-state index contributed by atoms with van der Waals surface area (Å²) in [5.74, 6) is -8.48. The number of carboxylic acid groups (broad SMARTS) is 1. The van der Waals surface area contributed by atoms with Crippen LogP contribution in [0.4, 0.5) is 26.3 Å². The Balaban J connectivity index is 5.21. The number of hydrogen-bond donors (Lipinski definition) is 2. The lowest BCUT2D eigenvalue weighted by Gasteiger charge is -2.27. The Bertz CT molecular complexity index is 332. The van der Waals surface area contributed by atoms with Crippen molar-refractivity contribution in [2.24, 2.45) is 5.92 Å². The highest BCUT2D eigenvalue weighted by Crippen LogP contribution is 2.39. The maximum atomic E-state index is 12.1. The van der Waals surface area contributed by atoms with Gasteiger partial charge in [-0.15, -0.1) is 0 Å². The molecule has 10 heteroatoms. The molecular weight excluding hydrogens is 272 g/mol. The van der Waals surface area contributed by atoms with Gasteiger partial charge in [-0.1, -0.05) is 0 Å². The SMILES string of the molecule is CC(C)(NC(=O)C(C(F)(F)F)C(F)(F)F)C(=O)O. The summed E-state index contributed by atoms with van der Waals surface area (Å²) in [6, 6.07) is 0. The summed E-state index contributed by atoms with van der Waals surface area (Å²) in [4.78, 5) is 21.4. The molecule has 0 aromatic heterocycles. The van der Waals surface area contributed by atoms with Crippen molar-refractivity contribution >= 4 is 11.9 Å². The quantitative estimate of drug-likeness (QED) is 0.774. The highest BCUT2D eigenvalue weighted by molar-refractivity contribution is 5.88. The van der Waals surface area contributed by atoms with E-state index in [4.69, 9.17) is 5.11 Å². The van der Waals surface area contributed by atoms with E-state index in [0.29, 0.717) is 0 Å². The van der Waals surface area contributed by atoms with Crippen molar-refractivity contribution in [2.75, 3.05) is 0 Å². The lowest BCUT2D eigenvalue weighted by atomic mass is 10.0. The van der Waals surface area contributed by atoms with Gasteiger partial charge in [-0.2, -0.15) is 26.3 Å². The Kier molecular flexibility index (Phi) is 4.27. The van der Waals surface area contributed by atoms with Crippen molar-refractivity contribution in [2.45, 2.75) is 31.7 Å². The van der Waals surface area contributed by atoms with Gasteiger partial charge in [0.2, 0.25) is 11.8 Å². The zero-order valence-corrected chi connectivity index (χ0v) is 9.11. The van der Waals surface area contributed by atoms with Gasteiger partial charge in [0.1, 0.15) is 5.54 Å². The van der Waals surface area contributed by atoms with Gasteiger partial charge in [0, 0.05) is 0 Å². The first-order valence-electron chi connectivity index (χ1n) is 4.38. The molecule has 18 heavy (non-hydrogen) atoms. The minimum absolute atomic E-state index is 0.761. The lowest BCUT2D eigenvalue weighted by Crippen LogP contribution is -2.56. The van der Waals surface area contributed by atoms with Crippen LogP contribution in [0, 0.1) is 5.92 Å². The minimum Gasteiger partial charge on any atom is -0.480 e. The summed E-state index contributed by atoms with van der Waals surface area (Å²) >= 11 is 0. The van der Waals surface area contributed by atoms with Crippen LogP contribution in [0.15, 0.2) is 0 Å². The third-order valence-electron chi connectivity index (χ3n) is 1.89. The van der Waals surface area contributed by atoms with Gasteiger partial charge in [-0.25, -0.2) is 4.79 Å². The summed E-state index contributed by atoms with van der Waals surface area (Å²) in [6.45, 7) is 1.52. The number of amides is 1. The molecule has 0 atom stereocenters. The summed E-state index contributed by atoms with van der Waals surface area (Å²) in [7, 11) is 0. The number of hydrogen-bond acceptors (Lipinski definition) is 2. The second-order valence-corrected chi connectivity index (χ2v) is 3.94. The van der Waals surface area contributed by atoms with E-state index in [-0.39, 0.29) is 0 Å². The Morgan fingerprint density at radius 3 is 1.56 bits per heavy atom. The van der Waals surface area contributed by atoms with Crippen molar-refractivity contribution < 1.29 is 41.0 Å². The maximum absolute atomic E-state index is 12.1. The van der Waals surface area contributed by atoms with Crippen molar-refractivity contribution in [3.8, 4) is 0 Å². The van der Waals surface area contributed by atoms with Gasteiger partial charge in [0.15, 0.2) is 0 Å². The van der Waals surface area contributed by atoms with Crippen LogP contribution in [-0.4, -0.2) is 34.9 Å². The predicted octanol–water partition coefficient (Wildman–Crippen LogP) is 1.71. The summed E-state index contributed by atoms with van der Waals surface area (Å²) in [6.07, 6.45) is -11.7. The molecule has 0 radical (unpaired) electrons. The third kappa shape index (κ3) is 4.08. The van der Waals surface area contributed by atoms with Crippen LogP contribution < -0.4 is 5.32 Å². The van der Waals surface area contributed by atoms with Gasteiger partial charge >= 0.3 is 18.3 Å². The highest BCUT2D eigenvalue weighted by atomic mass is 19.4. The van der Waals surface area contributed by atoms with Crippen molar-refractivity contribution in [3.05, 3.63) is 0 Å². The standard InChI is InChI=1S/C8H9F6NO3/c1-6(2,5(17)18)15-4(16)3(7(9,10)11)8(12,13)14/h3H,1-2H3,(H,15,16)(H,17,18). The molecule has 0 spiro atoms. The fourth-order valence-corrected chi connectivity index (χ4v) is 0.917. The molecule has 0 saturated heterocycles. The molecular formula is C8H9F6NO3. The van der Waals surface area contributed by atoms with E-state index in [1.54, 1.807) is 0 Å². The number of alkyl halides is 6. The van der Waals surface area contributed by atoms with Gasteiger partial charge in [0.25, 0.3) is 0 Å². The summed E-state index contributed by atoms with van der Waals surface area (Å²) in [5.41, 5.74) is -2.24. The lowest BCUT2D eigenvalue weighted by molar-refractivity contribution is -0.274. The predicted molar refractivity (Wildman–Crippen MR) is 45.5 cm³/mol. The van der Waals surface area contributed by atoms with Gasteiger partial charge in [-0.3, -0.25) is 4.79 Å². The fraction of sp³-hybridized carbons (Fsp3) is 0.750. The molecule has 2 N–H and O–H groups in total. The van der Waals surface area contributed by atoms with Crippen molar-refractivity contribution in [1.82, 2.24) is 5.32 Å². The maximum Gasteiger partial charge on any atom is 0.409 e.